The number of fused-ring (bicyclic) bond motifs is 1. The Morgan fingerprint density at radius 1 is 1.45 bits per heavy atom. The number of rotatable bonds is 6. The smallest absolute Gasteiger partial charge is 0.345 e. The van der Waals surface area contributed by atoms with Crippen molar-refractivity contribution in [2.45, 2.75) is 25.8 Å². The molecule has 1 heterocycles. The van der Waals surface area contributed by atoms with Crippen LogP contribution in [0.25, 0.3) is 0 Å². The van der Waals surface area contributed by atoms with Gasteiger partial charge in [0.1, 0.15) is 0 Å². The van der Waals surface area contributed by atoms with Gasteiger partial charge in [0.25, 0.3) is 0 Å². The lowest BCUT2D eigenvalue weighted by Crippen LogP contribution is -2.23. The zero-order valence-electron chi connectivity index (χ0n) is 12.3. The summed E-state index contributed by atoms with van der Waals surface area (Å²) in [7, 11) is 0. The second-order valence-electron chi connectivity index (χ2n) is 5.48. The van der Waals surface area contributed by atoms with Crippen molar-refractivity contribution in [2.24, 2.45) is 4.99 Å². The Kier molecular flexibility index (Phi) is 5.49. The Balaban J connectivity index is 2.13. The van der Waals surface area contributed by atoms with Crippen LogP contribution in [0.2, 0.25) is 0 Å². The van der Waals surface area contributed by atoms with Crippen molar-refractivity contribution < 1.29 is 19.4 Å². The summed E-state index contributed by atoms with van der Waals surface area (Å²) in [6.07, 6.45) is 0.132. The molecule has 0 aliphatic carbocycles. The SMILES string of the molecule is CC(C)(CSCCC(=O)O)N=C1OC(=O)c2cccc(I)c21. The van der Waals surface area contributed by atoms with E-state index in [0.717, 1.165) is 9.13 Å². The Morgan fingerprint density at radius 2 is 2.18 bits per heavy atom. The Bertz CT molecular complexity index is 642. The fraction of sp³-hybridized carbons (Fsp3) is 0.400. The number of benzene rings is 1. The second kappa shape index (κ2) is 6.99. The Hall–Kier alpha value is -1.09. The summed E-state index contributed by atoms with van der Waals surface area (Å²) in [4.78, 5) is 27.0. The van der Waals surface area contributed by atoms with Gasteiger partial charge in [-0.1, -0.05) is 6.07 Å². The highest BCUT2D eigenvalue weighted by Gasteiger charge is 2.32. The molecule has 5 nitrogen and oxygen atoms in total. The molecule has 1 N–H and O–H groups in total. The highest BCUT2D eigenvalue weighted by atomic mass is 127. The van der Waals surface area contributed by atoms with Crippen LogP contribution in [0.4, 0.5) is 0 Å². The van der Waals surface area contributed by atoms with Crippen molar-refractivity contribution in [3.63, 3.8) is 0 Å². The third-order valence-electron chi connectivity index (χ3n) is 2.96. The fourth-order valence-corrected chi connectivity index (χ4v) is 3.73. The maximum Gasteiger partial charge on any atom is 0.345 e. The van der Waals surface area contributed by atoms with Gasteiger partial charge in [0.2, 0.25) is 5.90 Å². The van der Waals surface area contributed by atoms with Crippen LogP contribution >= 0.6 is 34.4 Å². The first-order chi connectivity index (χ1) is 10.3. The summed E-state index contributed by atoms with van der Waals surface area (Å²) in [6.45, 7) is 3.88. The normalized spacial score (nSPS) is 15.8. The number of carboxylic acids is 1. The van der Waals surface area contributed by atoms with Gasteiger partial charge in [0.15, 0.2) is 0 Å². The topological polar surface area (TPSA) is 76.0 Å². The highest BCUT2D eigenvalue weighted by molar-refractivity contribution is 14.1. The molecule has 0 bridgehead atoms. The summed E-state index contributed by atoms with van der Waals surface area (Å²) in [5, 5.41) is 8.64. The van der Waals surface area contributed by atoms with Gasteiger partial charge in [0.05, 0.1) is 23.1 Å². The van der Waals surface area contributed by atoms with E-state index in [1.165, 1.54) is 11.8 Å². The van der Waals surface area contributed by atoms with Crippen molar-refractivity contribution >= 4 is 52.2 Å². The van der Waals surface area contributed by atoms with Crippen LogP contribution < -0.4 is 0 Å². The number of carbonyl (C=O) groups excluding carboxylic acids is 1. The number of hydrogen-bond donors (Lipinski definition) is 1. The number of carbonyl (C=O) groups is 2. The van der Waals surface area contributed by atoms with Crippen LogP contribution in [0.5, 0.6) is 0 Å². The maximum absolute atomic E-state index is 11.9. The standard InChI is InChI=1S/C15H16INO4S/c1-15(2,8-22-7-6-11(18)19)17-13-12-9(14(20)21-13)4-3-5-10(12)16/h3-5H,6-8H2,1-2H3,(H,18,19). The summed E-state index contributed by atoms with van der Waals surface area (Å²) in [5.41, 5.74) is 0.843. The molecular weight excluding hydrogens is 417 g/mol. The van der Waals surface area contributed by atoms with Gasteiger partial charge in [0, 0.05) is 15.1 Å². The molecule has 0 radical (unpaired) electrons. The van der Waals surface area contributed by atoms with Crippen LogP contribution in [0.1, 0.15) is 36.2 Å². The third kappa shape index (κ3) is 4.22. The van der Waals surface area contributed by atoms with Gasteiger partial charge >= 0.3 is 11.9 Å². The molecule has 118 valence electrons. The molecule has 22 heavy (non-hydrogen) atoms. The number of nitrogens with zero attached hydrogens (tertiary/aromatic N) is 1. The second-order valence-corrected chi connectivity index (χ2v) is 7.74. The van der Waals surface area contributed by atoms with Crippen LogP contribution in [0.15, 0.2) is 23.2 Å². The first-order valence-corrected chi connectivity index (χ1v) is 8.94. The number of aliphatic carboxylic acids is 1. The largest absolute Gasteiger partial charge is 0.481 e. The quantitative estimate of drug-likeness (QED) is 0.424. The highest BCUT2D eigenvalue weighted by Crippen LogP contribution is 2.28. The number of halogens is 1. The van der Waals surface area contributed by atoms with Crippen molar-refractivity contribution in [1.82, 2.24) is 0 Å². The molecule has 0 unspecified atom stereocenters. The molecule has 0 saturated carbocycles. The zero-order chi connectivity index (χ0) is 16.3. The van der Waals surface area contributed by atoms with Crippen LogP contribution in [-0.4, -0.2) is 40.0 Å². The molecule has 0 fully saturated rings. The lowest BCUT2D eigenvalue weighted by molar-refractivity contribution is -0.136. The van der Waals surface area contributed by atoms with Gasteiger partial charge in [-0.05, 0) is 48.6 Å². The van der Waals surface area contributed by atoms with E-state index in [1.54, 1.807) is 6.07 Å². The average molecular weight is 433 g/mol. The first kappa shape index (κ1) is 17.3. The zero-order valence-corrected chi connectivity index (χ0v) is 15.2. The third-order valence-corrected chi connectivity index (χ3v) is 5.26. The molecule has 0 spiro atoms. The molecule has 1 aromatic rings. The van der Waals surface area contributed by atoms with E-state index in [1.807, 2.05) is 26.0 Å². The molecule has 1 aliphatic rings. The molecule has 0 aromatic heterocycles. The van der Waals surface area contributed by atoms with E-state index in [2.05, 4.69) is 27.6 Å². The van der Waals surface area contributed by atoms with Crippen LogP contribution in [0.3, 0.4) is 0 Å². The van der Waals surface area contributed by atoms with Crippen molar-refractivity contribution in [1.29, 1.82) is 0 Å². The molecule has 2 rings (SSSR count). The summed E-state index contributed by atoms with van der Waals surface area (Å²) in [6, 6.07) is 5.46. The number of hydrogen-bond acceptors (Lipinski definition) is 5. The minimum Gasteiger partial charge on any atom is -0.481 e. The van der Waals surface area contributed by atoms with E-state index in [4.69, 9.17) is 9.84 Å². The van der Waals surface area contributed by atoms with E-state index in [-0.39, 0.29) is 12.4 Å². The van der Waals surface area contributed by atoms with Gasteiger partial charge < -0.3 is 9.84 Å². The predicted molar refractivity (Wildman–Crippen MR) is 94.8 cm³/mol. The molecule has 7 heteroatoms. The first-order valence-electron chi connectivity index (χ1n) is 6.70. The number of carboxylic acid groups (broad SMARTS) is 1. The van der Waals surface area contributed by atoms with Crippen LogP contribution in [0, 0.1) is 3.57 Å². The molecule has 0 saturated heterocycles. The summed E-state index contributed by atoms with van der Waals surface area (Å²) in [5.74, 6) is 0.373. The summed E-state index contributed by atoms with van der Waals surface area (Å²) >= 11 is 3.69. The molecule has 1 aliphatic heterocycles. The van der Waals surface area contributed by atoms with Gasteiger partial charge in [-0.2, -0.15) is 11.8 Å². The van der Waals surface area contributed by atoms with Gasteiger partial charge in [-0.25, -0.2) is 9.79 Å². The van der Waals surface area contributed by atoms with Crippen LogP contribution in [-0.2, 0) is 9.53 Å². The molecule has 1 aromatic carbocycles. The minimum atomic E-state index is -0.801. The molecule has 0 amide bonds. The van der Waals surface area contributed by atoms with Gasteiger partial charge in [-0.15, -0.1) is 0 Å². The predicted octanol–water partition coefficient (Wildman–Crippen LogP) is 3.19. The van der Waals surface area contributed by atoms with Crippen molar-refractivity contribution in [3.8, 4) is 0 Å². The number of cyclic esters (lactones) is 1. The molecule has 0 atom stereocenters. The Morgan fingerprint density at radius 3 is 2.86 bits per heavy atom. The van der Waals surface area contributed by atoms with E-state index < -0.39 is 11.5 Å². The monoisotopic (exact) mass is 433 g/mol. The van der Waals surface area contributed by atoms with Gasteiger partial charge in [-0.3, -0.25) is 4.79 Å². The number of esters is 1. The van der Waals surface area contributed by atoms with E-state index >= 15 is 0 Å². The van der Waals surface area contributed by atoms with Crippen molar-refractivity contribution in [3.05, 3.63) is 32.9 Å². The molecular formula is C15H16INO4S. The lowest BCUT2D eigenvalue weighted by atomic mass is 10.1. The average Bonchev–Trinajstić information content (AvgIpc) is 2.72. The summed E-state index contributed by atoms with van der Waals surface area (Å²) < 4.78 is 6.22. The van der Waals surface area contributed by atoms with Crippen molar-refractivity contribution in [2.75, 3.05) is 11.5 Å². The minimum absolute atomic E-state index is 0.132. The number of ether oxygens (including phenoxy) is 1. The fourth-order valence-electron chi connectivity index (χ4n) is 1.97. The maximum atomic E-state index is 11.9. The number of aliphatic imine (C=N–C) groups is 1. The van der Waals surface area contributed by atoms with E-state index in [9.17, 15) is 9.59 Å². The van der Waals surface area contributed by atoms with E-state index in [0.29, 0.717) is 23.0 Å². The Labute approximate surface area is 146 Å². The number of thioether (sulfide) groups is 1. The lowest BCUT2D eigenvalue weighted by Gasteiger charge is -2.19.